The summed E-state index contributed by atoms with van der Waals surface area (Å²) in [4.78, 5) is 17.9. The van der Waals surface area contributed by atoms with Crippen LogP contribution in [0.25, 0.3) is 22.5 Å². The molecule has 0 saturated carbocycles. The molecule has 0 amide bonds. The van der Waals surface area contributed by atoms with Gasteiger partial charge in [0.1, 0.15) is 6.73 Å². The van der Waals surface area contributed by atoms with E-state index in [-0.39, 0.29) is 12.3 Å². The van der Waals surface area contributed by atoms with Crippen molar-refractivity contribution in [1.82, 2.24) is 18.7 Å². The highest BCUT2D eigenvalue weighted by atomic mass is 35.5. The second kappa shape index (κ2) is 8.55. The Balaban J connectivity index is 2.11. The highest BCUT2D eigenvalue weighted by molar-refractivity contribution is 7.71. The highest BCUT2D eigenvalue weighted by Crippen LogP contribution is 2.22. The predicted octanol–water partition coefficient (Wildman–Crippen LogP) is 4.54. The van der Waals surface area contributed by atoms with Crippen LogP contribution in [-0.2, 0) is 11.5 Å². The van der Waals surface area contributed by atoms with Crippen LogP contribution >= 0.6 is 23.8 Å². The fraction of sp³-hybridized carbons (Fsp3) is 0.227. The first-order valence-corrected chi connectivity index (χ1v) is 10.5. The summed E-state index contributed by atoms with van der Waals surface area (Å²) in [5, 5.41) is 0. The van der Waals surface area contributed by atoms with E-state index in [4.69, 9.17) is 28.6 Å². The van der Waals surface area contributed by atoms with Crippen molar-refractivity contribution in [3.05, 3.63) is 81.1 Å². The molecule has 30 heavy (non-hydrogen) atoms. The molecule has 6 nitrogen and oxygen atoms in total. The molecule has 2 heterocycles. The predicted molar refractivity (Wildman–Crippen MR) is 122 cm³/mol. The summed E-state index contributed by atoms with van der Waals surface area (Å²) in [6.45, 7) is 4.58. The number of fused-ring (bicyclic) bond motifs is 1. The average Bonchev–Trinajstić information content (AvgIpc) is 3.15. The molecule has 2 aromatic heterocycles. The number of aromatic nitrogens is 4. The number of rotatable bonds is 6. The van der Waals surface area contributed by atoms with Gasteiger partial charge in [-0.15, -0.1) is 11.6 Å². The Morgan fingerprint density at radius 1 is 1.00 bits per heavy atom. The SMILES string of the molecule is Cc1ccccc1-n1c(=O)c2ncn(COCCCl)c2n(-c2ccccc2C)c1=S. The molecule has 0 unspecified atom stereocenters. The fourth-order valence-electron chi connectivity index (χ4n) is 3.51. The van der Waals surface area contributed by atoms with E-state index in [1.807, 2.05) is 66.9 Å². The molecule has 4 rings (SSSR count). The summed E-state index contributed by atoms with van der Waals surface area (Å²) in [6.07, 6.45) is 1.60. The van der Waals surface area contributed by atoms with Crippen molar-refractivity contribution in [2.45, 2.75) is 20.6 Å². The number of halogens is 1. The number of ether oxygens (including phenoxy) is 1. The van der Waals surface area contributed by atoms with Gasteiger partial charge in [-0.2, -0.15) is 0 Å². The Kier molecular flexibility index (Phi) is 5.85. The van der Waals surface area contributed by atoms with Crippen molar-refractivity contribution in [2.75, 3.05) is 12.5 Å². The molecule has 0 radical (unpaired) electrons. The van der Waals surface area contributed by atoms with Gasteiger partial charge in [0.25, 0.3) is 5.56 Å². The zero-order valence-electron chi connectivity index (χ0n) is 16.7. The zero-order valence-corrected chi connectivity index (χ0v) is 18.3. The molecule has 8 heteroatoms. The van der Waals surface area contributed by atoms with Gasteiger partial charge in [0.15, 0.2) is 15.9 Å². The van der Waals surface area contributed by atoms with E-state index in [0.717, 1.165) is 22.5 Å². The summed E-state index contributed by atoms with van der Waals surface area (Å²) < 4.78 is 11.2. The van der Waals surface area contributed by atoms with Crippen LogP contribution in [0.5, 0.6) is 0 Å². The van der Waals surface area contributed by atoms with Crippen LogP contribution in [0, 0.1) is 18.6 Å². The van der Waals surface area contributed by atoms with Crippen molar-refractivity contribution in [1.29, 1.82) is 0 Å². The summed E-state index contributed by atoms with van der Waals surface area (Å²) >= 11 is 11.6. The molecule has 0 fully saturated rings. The molecule has 0 N–H and O–H groups in total. The van der Waals surface area contributed by atoms with Gasteiger partial charge in [-0.25, -0.2) is 4.98 Å². The zero-order chi connectivity index (χ0) is 21.3. The maximum atomic E-state index is 13.5. The first-order chi connectivity index (χ1) is 14.5. The highest BCUT2D eigenvalue weighted by Gasteiger charge is 2.20. The molecular weight excluding hydrogens is 420 g/mol. The van der Waals surface area contributed by atoms with E-state index in [1.165, 1.54) is 0 Å². The standard InChI is InChI=1S/C22H21ClN4O2S/c1-15-7-3-5-9-17(15)26-20-19(24-13-25(20)14-29-12-11-23)21(28)27(22(26)30)18-10-6-4-8-16(18)2/h3-10,13H,11-12,14H2,1-2H3. The summed E-state index contributed by atoms with van der Waals surface area (Å²) in [7, 11) is 0. The number of alkyl halides is 1. The van der Waals surface area contributed by atoms with Crippen molar-refractivity contribution in [3.63, 3.8) is 0 Å². The first kappa shape index (κ1) is 20.5. The number of benzene rings is 2. The molecule has 0 aliphatic carbocycles. The van der Waals surface area contributed by atoms with E-state index < -0.39 is 0 Å². The van der Waals surface area contributed by atoms with Gasteiger partial charge < -0.3 is 4.74 Å². The van der Waals surface area contributed by atoms with Crippen molar-refractivity contribution < 1.29 is 4.74 Å². The minimum absolute atomic E-state index is 0.220. The molecule has 0 aliphatic heterocycles. The van der Waals surface area contributed by atoms with Gasteiger partial charge in [0.05, 0.1) is 24.3 Å². The molecule has 2 aromatic carbocycles. The Morgan fingerprint density at radius 3 is 2.20 bits per heavy atom. The van der Waals surface area contributed by atoms with E-state index in [9.17, 15) is 4.79 Å². The molecule has 0 saturated heterocycles. The Morgan fingerprint density at radius 2 is 1.60 bits per heavy atom. The third kappa shape index (κ3) is 3.49. The van der Waals surface area contributed by atoms with E-state index >= 15 is 0 Å². The third-order valence-corrected chi connectivity index (χ3v) is 5.49. The molecule has 0 bridgehead atoms. The normalized spacial score (nSPS) is 11.3. The smallest absolute Gasteiger partial charge is 0.287 e. The number of hydrogen-bond acceptors (Lipinski definition) is 4. The molecule has 0 aliphatic rings. The van der Waals surface area contributed by atoms with Crippen LogP contribution < -0.4 is 5.56 Å². The number of hydrogen-bond donors (Lipinski definition) is 0. The fourth-order valence-corrected chi connectivity index (χ4v) is 3.99. The summed E-state index contributed by atoms with van der Waals surface area (Å²) in [5.41, 5.74) is 4.26. The quantitative estimate of drug-likeness (QED) is 0.251. The minimum Gasteiger partial charge on any atom is -0.359 e. The van der Waals surface area contributed by atoms with Crippen LogP contribution in [0.1, 0.15) is 11.1 Å². The summed E-state index contributed by atoms with van der Waals surface area (Å²) in [5.74, 6) is 0.386. The number of imidazole rings is 1. The lowest BCUT2D eigenvalue weighted by Crippen LogP contribution is -2.25. The van der Waals surface area contributed by atoms with Crippen LogP contribution in [0.3, 0.4) is 0 Å². The molecule has 0 atom stereocenters. The second-order valence-corrected chi connectivity index (χ2v) is 7.69. The molecular formula is C22H21ClN4O2S. The van der Waals surface area contributed by atoms with Gasteiger partial charge in [0, 0.05) is 5.88 Å². The Hall–Kier alpha value is -2.74. The van der Waals surface area contributed by atoms with Gasteiger partial charge in [-0.3, -0.25) is 18.5 Å². The van der Waals surface area contributed by atoms with Crippen LogP contribution in [-0.4, -0.2) is 31.2 Å². The molecule has 154 valence electrons. The maximum Gasteiger partial charge on any atom is 0.287 e. The number of aryl methyl sites for hydroxylation is 2. The van der Waals surface area contributed by atoms with Crippen molar-refractivity contribution in [3.8, 4) is 11.4 Å². The van der Waals surface area contributed by atoms with Crippen LogP contribution in [0.2, 0.25) is 0 Å². The lowest BCUT2D eigenvalue weighted by atomic mass is 10.2. The molecule has 4 aromatic rings. The van der Waals surface area contributed by atoms with E-state index in [0.29, 0.717) is 28.4 Å². The summed E-state index contributed by atoms with van der Waals surface area (Å²) in [6, 6.07) is 15.6. The van der Waals surface area contributed by atoms with Crippen molar-refractivity contribution in [2.24, 2.45) is 0 Å². The molecule has 0 spiro atoms. The minimum atomic E-state index is -0.259. The monoisotopic (exact) mass is 440 g/mol. The Labute approximate surface area is 183 Å². The van der Waals surface area contributed by atoms with Crippen LogP contribution in [0.4, 0.5) is 0 Å². The van der Waals surface area contributed by atoms with Gasteiger partial charge in [-0.05, 0) is 49.3 Å². The number of nitrogens with zero attached hydrogens (tertiary/aromatic N) is 4. The van der Waals surface area contributed by atoms with Crippen molar-refractivity contribution >= 4 is 35.0 Å². The second-order valence-electron chi connectivity index (χ2n) is 6.94. The van der Waals surface area contributed by atoms with Crippen LogP contribution in [0.15, 0.2) is 59.7 Å². The largest absolute Gasteiger partial charge is 0.359 e. The lowest BCUT2D eigenvalue weighted by molar-refractivity contribution is 0.0914. The van der Waals surface area contributed by atoms with E-state index in [2.05, 4.69) is 4.98 Å². The third-order valence-electron chi connectivity index (χ3n) is 4.97. The van der Waals surface area contributed by atoms with E-state index in [1.54, 1.807) is 15.5 Å². The van der Waals surface area contributed by atoms with Gasteiger partial charge in [0.2, 0.25) is 0 Å². The van der Waals surface area contributed by atoms with Gasteiger partial charge >= 0.3 is 0 Å². The Bertz CT molecular complexity index is 1340. The average molecular weight is 441 g/mol. The topological polar surface area (TPSA) is 54.0 Å². The maximum absolute atomic E-state index is 13.5. The van der Waals surface area contributed by atoms with Gasteiger partial charge in [-0.1, -0.05) is 36.4 Å². The first-order valence-electron chi connectivity index (χ1n) is 9.53. The number of para-hydroxylation sites is 2. The lowest BCUT2D eigenvalue weighted by Gasteiger charge is -2.18.